The smallest absolute Gasteiger partial charge is 0.0441 e. The van der Waals surface area contributed by atoms with Crippen molar-refractivity contribution in [2.75, 3.05) is 11.9 Å². The van der Waals surface area contributed by atoms with Gasteiger partial charge in [-0.3, -0.25) is 0 Å². The summed E-state index contributed by atoms with van der Waals surface area (Å²) in [5.74, 6) is 0. The van der Waals surface area contributed by atoms with E-state index >= 15 is 0 Å². The Morgan fingerprint density at radius 2 is 1.75 bits per heavy atom. The molecule has 1 heteroatoms. The van der Waals surface area contributed by atoms with Crippen LogP contribution in [0.3, 0.4) is 0 Å². The molecule has 0 N–H and O–H groups in total. The Morgan fingerprint density at radius 3 is 2.38 bits per heavy atom. The van der Waals surface area contributed by atoms with E-state index in [0.717, 1.165) is 6.42 Å². The van der Waals surface area contributed by atoms with Crippen molar-refractivity contribution < 1.29 is 0 Å². The van der Waals surface area contributed by atoms with Gasteiger partial charge in [-0.2, -0.15) is 0 Å². The Kier molecular flexibility index (Phi) is 2.57. The van der Waals surface area contributed by atoms with Gasteiger partial charge < -0.3 is 4.90 Å². The molecule has 0 unspecified atom stereocenters. The van der Waals surface area contributed by atoms with Gasteiger partial charge in [0.15, 0.2) is 0 Å². The molecule has 86 valence electrons. The minimum Gasteiger partial charge on any atom is -0.348 e. The number of benzene rings is 1. The summed E-state index contributed by atoms with van der Waals surface area (Å²) in [5.41, 5.74) is 6.01. The molecule has 0 atom stereocenters. The molecule has 2 rings (SSSR count). The Balaban J connectivity index is 2.51. The highest BCUT2D eigenvalue weighted by molar-refractivity contribution is 5.62. The van der Waals surface area contributed by atoms with Crippen molar-refractivity contribution in [1.29, 1.82) is 0 Å². The van der Waals surface area contributed by atoms with Crippen molar-refractivity contribution in [2.24, 2.45) is 5.41 Å². The maximum absolute atomic E-state index is 2.32. The maximum Gasteiger partial charge on any atom is 0.0441 e. The molecule has 0 aromatic heterocycles. The normalized spacial score (nSPS) is 16.4. The monoisotopic (exact) mass is 215 g/mol. The molecule has 1 aromatic rings. The summed E-state index contributed by atoms with van der Waals surface area (Å²) in [4.78, 5) is 2.32. The van der Waals surface area contributed by atoms with Crippen LogP contribution >= 0.6 is 0 Å². The van der Waals surface area contributed by atoms with Gasteiger partial charge in [-0.25, -0.2) is 0 Å². The van der Waals surface area contributed by atoms with E-state index in [4.69, 9.17) is 0 Å². The van der Waals surface area contributed by atoms with E-state index in [2.05, 4.69) is 63.9 Å². The summed E-state index contributed by atoms with van der Waals surface area (Å²) in [6, 6.07) is 8.70. The molecular formula is C15H21N. The largest absolute Gasteiger partial charge is 0.348 e. The van der Waals surface area contributed by atoms with Gasteiger partial charge in [0.05, 0.1) is 0 Å². The zero-order valence-electron chi connectivity index (χ0n) is 11.0. The third-order valence-corrected chi connectivity index (χ3v) is 3.57. The molecule has 0 saturated carbocycles. The predicted molar refractivity (Wildman–Crippen MR) is 70.7 cm³/mol. The molecule has 0 saturated heterocycles. The number of hydrogen-bond acceptors (Lipinski definition) is 1. The second-order valence-corrected chi connectivity index (χ2v) is 5.68. The van der Waals surface area contributed by atoms with E-state index in [1.165, 1.54) is 16.9 Å². The standard InChI is InChI=1S/C15H21N/c1-11-13(15(2,3)4)10-12-8-6-7-9-14(12)16(11)5/h6-9H,10H2,1-5H3. The first kappa shape index (κ1) is 11.3. The minimum atomic E-state index is 0.256. The molecule has 0 fully saturated rings. The fraction of sp³-hybridized carbons (Fsp3) is 0.467. The highest BCUT2D eigenvalue weighted by atomic mass is 15.1. The van der Waals surface area contributed by atoms with Gasteiger partial charge in [-0.15, -0.1) is 0 Å². The number of hydrogen-bond donors (Lipinski definition) is 0. The molecular weight excluding hydrogens is 194 g/mol. The fourth-order valence-electron chi connectivity index (χ4n) is 2.50. The first-order valence-electron chi connectivity index (χ1n) is 5.93. The molecule has 1 nitrogen and oxygen atoms in total. The Labute approximate surface area is 98.8 Å². The minimum absolute atomic E-state index is 0.256. The van der Waals surface area contributed by atoms with Gasteiger partial charge in [-0.05, 0) is 36.0 Å². The van der Waals surface area contributed by atoms with E-state index in [0.29, 0.717) is 0 Å². The molecule has 16 heavy (non-hydrogen) atoms. The molecule has 0 radical (unpaired) electrons. The summed E-state index contributed by atoms with van der Waals surface area (Å²) in [6.07, 6.45) is 1.09. The fourth-order valence-corrected chi connectivity index (χ4v) is 2.50. The summed E-state index contributed by atoms with van der Waals surface area (Å²) in [5, 5.41) is 0. The zero-order chi connectivity index (χ0) is 11.9. The molecule has 1 aliphatic rings. The average molecular weight is 215 g/mol. The molecule has 0 amide bonds. The van der Waals surface area contributed by atoms with Crippen molar-refractivity contribution in [3.05, 3.63) is 41.1 Å². The van der Waals surface area contributed by atoms with E-state index in [9.17, 15) is 0 Å². The maximum atomic E-state index is 2.32. The molecule has 0 aliphatic carbocycles. The number of fused-ring (bicyclic) bond motifs is 1. The summed E-state index contributed by atoms with van der Waals surface area (Å²) < 4.78 is 0. The Morgan fingerprint density at radius 1 is 1.12 bits per heavy atom. The first-order valence-corrected chi connectivity index (χ1v) is 5.93. The third-order valence-electron chi connectivity index (χ3n) is 3.57. The van der Waals surface area contributed by atoms with Crippen LogP contribution in [0.25, 0.3) is 0 Å². The molecule has 1 aliphatic heterocycles. The zero-order valence-corrected chi connectivity index (χ0v) is 11.0. The molecule has 0 bridgehead atoms. The lowest BCUT2D eigenvalue weighted by Crippen LogP contribution is -2.27. The van der Waals surface area contributed by atoms with E-state index in [1.54, 1.807) is 5.57 Å². The number of allylic oxidation sites excluding steroid dienone is 2. The summed E-state index contributed by atoms with van der Waals surface area (Å²) >= 11 is 0. The first-order chi connectivity index (χ1) is 7.41. The summed E-state index contributed by atoms with van der Waals surface area (Å²) in [6.45, 7) is 9.13. The van der Waals surface area contributed by atoms with Crippen LogP contribution < -0.4 is 4.90 Å². The average Bonchev–Trinajstić information content (AvgIpc) is 2.22. The van der Waals surface area contributed by atoms with E-state index in [1.807, 2.05) is 0 Å². The van der Waals surface area contributed by atoms with Gasteiger partial charge in [0, 0.05) is 18.4 Å². The Hall–Kier alpha value is -1.24. The molecule has 1 heterocycles. The molecule has 0 spiro atoms. The lowest BCUT2D eigenvalue weighted by Gasteiger charge is -2.36. The number of para-hydroxylation sites is 1. The highest BCUT2D eigenvalue weighted by Crippen LogP contribution is 2.39. The van der Waals surface area contributed by atoms with Gasteiger partial charge in [0.1, 0.15) is 0 Å². The SMILES string of the molecule is CC1=C(C(C)(C)C)Cc2ccccc2N1C. The van der Waals surface area contributed by atoms with Crippen LogP contribution in [0.4, 0.5) is 5.69 Å². The topological polar surface area (TPSA) is 3.24 Å². The van der Waals surface area contributed by atoms with Crippen molar-refractivity contribution >= 4 is 5.69 Å². The third kappa shape index (κ3) is 1.75. The van der Waals surface area contributed by atoms with Gasteiger partial charge >= 0.3 is 0 Å². The second kappa shape index (κ2) is 3.65. The number of anilines is 1. The van der Waals surface area contributed by atoms with Crippen molar-refractivity contribution in [1.82, 2.24) is 0 Å². The second-order valence-electron chi connectivity index (χ2n) is 5.68. The van der Waals surface area contributed by atoms with Crippen LogP contribution in [0.2, 0.25) is 0 Å². The van der Waals surface area contributed by atoms with Gasteiger partial charge in [0.2, 0.25) is 0 Å². The summed E-state index contributed by atoms with van der Waals surface area (Å²) in [7, 11) is 2.17. The molecule has 1 aromatic carbocycles. The van der Waals surface area contributed by atoms with Crippen molar-refractivity contribution in [2.45, 2.75) is 34.1 Å². The number of rotatable bonds is 0. The van der Waals surface area contributed by atoms with Gasteiger partial charge in [-0.1, -0.05) is 39.0 Å². The lowest BCUT2D eigenvalue weighted by molar-refractivity contribution is 0.481. The van der Waals surface area contributed by atoms with Crippen LogP contribution in [0.15, 0.2) is 35.5 Å². The predicted octanol–water partition coefficient (Wildman–Crippen LogP) is 4.00. The van der Waals surface area contributed by atoms with Gasteiger partial charge in [0.25, 0.3) is 0 Å². The van der Waals surface area contributed by atoms with E-state index < -0.39 is 0 Å². The van der Waals surface area contributed by atoms with Crippen molar-refractivity contribution in [3.8, 4) is 0 Å². The Bertz CT molecular complexity index is 435. The van der Waals surface area contributed by atoms with Crippen LogP contribution in [0.5, 0.6) is 0 Å². The van der Waals surface area contributed by atoms with Crippen molar-refractivity contribution in [3.63, 3.8) is 0 Å². The quantitative estimate of drug-likeness (QED) is 0.632. The lowest BCUT2D eigenvalue weighted by atomic mass is 9.79. The van der Waals surface area contributed by atoms with Crippen LogP contribution in [0, 0.1) is 5.41 Å². The van der Waals surface area contributed by atoms with Crippen LogP contribution in [-0.4, -0.2) is 7.05 Å². The van der Waals surface area contributed by atoms with E-state index in [-0.39, 0.29) is 5.41 Å². The van der Waals surface area contributed by atoms with Crippen LogP contribution in [0.1, 0.15) is 33.3 Å². The van der Waals surface area contributed by atoms with Crippen LogP contribution in [-0.2, 0) is 6.42 Å². The number of nitrogens with zero attached hydrogens (tertiary/aromatic N) is 1. The highest BCUT2D eigenvalue weighted by Gasteiger charge is 2.26.